The molecule has 0 aliphatic heterocycles. The summed E-state index contributed by atoms with van der Waals surface area (Å²) >= 11 is 0. The standard InChI is InChI=1S/C16H18FNO2/c1-16(7-3-8-16)11-18-15(20)13-10-12(4-2-9-19)5-6-14(13)17/h5-6,10,19H,3,7-9,11H2,1H3,(H,18,20). The summed E-state index contributed by atoms with van der Waals surface area (Å²) in [6.07, 6.45) is 3.38. The number of halogens is 1. The molecule has 0 atom stereocenters. The van der Waals surface area contributed by atoms with Gasteiger partial charge in [0, 0.05) is 12.1 Å². The number of hydrogen-bond donors (Lipinski definition) is 2. The SMILES string of the molecule is CC1(CNC(=O)c2cc(C#CCO)ccc2F)CCC1. The molecule has 0 radical (unpaired) electrons. The van der Waals surface area contributed by atoms with Gasteiger partial charge in [0.2, 0.25) is 0 Å². The van der Waals surface area contributed by atoms with Crippen LogP contribution in [0.4, 0.5) is 4.39 Å². The fourth-order valence-corrected chi connectivity index (χ4v) is 2.26. The predicted octanol–water partition coefficient (Wildman–Crippen LogP) is 2.09. The highest BCUT2D eigenvalue weighted by Gasteiger charge is 2.32. The van der Waals surface area contributed by atoms with Crippen LogP contribution in [0.3, 0.4) is 0 Å². The molecule has 1 saturated carbocycles. The van der Waals surface area contributed by atoms with E-state index in [4.69, 9.17) is 5.11 Å². The van der Waals surface area contributed by atoms with Gasteiger partial charge in [-0.1, -0.05) is 25.2 Å². The molecular weight excluding hydrogens is 257 g/mol. The number of aliphatic hydroxyl groups is 1. The molecule has 106 valence electrons. The van der Waals surface area contributed by atoms with Gasteiger partial charge in [-0.3, -0.25) is 4.79 Å². The molecule has 20 heavy (non-hydrogen) atoms. The summed E-state index contributed by atoms with van der Waals surface area (Å²) in [4.78, 5) is 12.0. The largest absolute Gasteiger partial charge is 0.384 e. The molecule has 0 bridgehead atoms. The van der Waals surface area contributed by atoms with E-state index in [1.807, 2.05) is 0 Å². The molecule has 1 aliphatic carbocycles. The van der Waals surface area contributed by atoms with E-state index in [2.05, 4.69) is 24.1 Å². The Morgan fingerprint density at radius 2 is 2.25 bits per heavy atom. The van der Waals surface area contributed by atoms with Crippen molar-refractivity contribution in [2.24, 2.45) is 5.41 Å². The van der Waals surface area contributed by atoms with Crippen LogP contribution in [0.15, 0.2) is 18.2 Å². The third kappa shape index (κ3) is 3.37. The number of amides is 1. The molecule has 0 aromatic heterocycles. The number of carbonyl (C=O) groups excluding carboxylic acids is 1. The Labute approximate surface area is 118 Å². The summed E-state index contributed by atoms with van der Waals surface area (Å²) < 4.78 is 13.7. The van der Waals surface area contributed by atoms with Crippen LogP contribution in [-0.4, -0.2) is 24.2 Å². The van der Waals surface area contributed by atoms with Crippen molar-refractivity contribution >= 4 is 5.91 Å². The highest BCUT2D eigenvalue weighted by Crippen LogP contribution is 2.39. The zero-order valence-corrected chi connectivity index (χ0v) is 11.5. The molecule has 0 unspecified atom stereocenters. The van der Waals surface area contributed by atoms with Crippen molar-refractivity contribution in [2.45, 2.75) is 26.2 Å². The van der Waals surface area contributed by atoms with Crippen molar-refractivity contribution in [2.75, 3.05) is 13.2 Å². The third-order valence-corrected chi connectivity index (χ3v) is 3.76. The molecule has 2 rings (SSSR count). The van der Waals surface area contributed by atoms with E-state index < -0.39 is 11.7 Å². The first-order valence-corrected chi connectivity index (χ1v) is 6.72. The van der Waals surface area contributed by atoms with Gasteiger partial charge in [-0.05, 0) is 36.5 Å². The zero-order valence-electron chi connectivity index (χ0n) is 11.5. The van der Waals surface area contributed by atoms with E-state index in [0.29, 0.717) is 12.1 Å². The highest BCUT2D eigenvalue weighted by molar-refractivity contribution is 5.94. The van der Waals surface area contributed by atoms with Gasteiger partial charge in [-0.25, -0.2) is 4.39 Å². The molecule has 0 heterocycles. The van der Waals surface area contributed by atoms with Crippen molar-refractivity contribution in [3.8, 4) is 11.8 Å². The van der Waals surface area contributed by atoms with Crippen LogP contribution >= 0.6 is 0 Å². The van der Waals surface area contributed by atoms with Crippen LogP contribution in [0.2, 0.25) is 0 Å². The van der Waals surface area contributed by atoms with Crippen LogP contribution in [0.25, 0.3) is 0 Å². The van der Waals surface area contributed by atoms with E-state index in [-0.39, 0.29) is 17.6 Å². The topological polar surface area (TPSA) is 49.3 Å². The normalized spacial score (nSPS) is 15.8. The van der Waals surface area contributed by atoms with Crippen LogP contribution in [0.1, 0.15) is 42.1 Å². The Morgan fingerprint density at radius 1 is 1.50 bits per heavy atom. The minimum Gasteiger partial charge on any atom is -0.384 e. The number of carbonyl (C=O) groups is 1. The van der Waals surface area contributed by atoms with E-state index >= 15 is 0 Å². The number of aliphatic hydroxyl groups excluding tert-OH is 1. The monoisotopic (exact) mass is 275 g/mol. The maximum Gasteiger partial charge on any atom is 0.254 e. The Balaban J connectivity index is 2.08. The molecule has 1 aromatic carbocycles. The van der Waals surface area contributed by atoms with E-state index in [1.54, 1.807) is 0 Å². The molecule has 2 N–H and O–H groups in total. The molecule has 1 aromatic rings. The second-order valence-electron chi connectivity index (χ2n) is 5.50. The van der Waals surface area contributed by atoms with Crippen molar-refractivity contribution in [1.82, 2.24) is 5.32 Å². The van der Waals surface area contributed by atoms with Gasteiger partial charge >= 0.3 is 0 Å². The summed E-state index contributed by atoms with van der Waals surface area (Å²) in [5.74, 6) is 4.17. The highest BCUT2D eigenvalue weighted by atomic mass is 19.1. The third-order valence-electron chi connectivity index (χ3n) is 3.76. The van der Waals surface area contributed by atoms with Crippen molar-refractivity contribution in [3.05, 3.63) is 35.1 Å². The second-order valence-corrected chi connectivity index (χ2v) is 5.50. The number of nitrogens with one attached hydrogen (secondary N) is 1. The molecular formula is C16H18FNO2. The fourth-order valence-electron chi connectivity index (χ4n) is 2.26. The maximum atomic E-state index is 13.7. The van der Waals surface area contributed by atoms with E-state index in [0.717, 1.165) is 12.8 Å². The Kier molecular flexibility index (Phi) is 4.41. The average molecular weight is 275 g/mol. The molecule has 1 fully saturated rings. The Bertz CT molecular complexity index is 568. The molecule has 1 aliphatic rings. The lowest BCUT2D eigenvalue weighted by Crippen LogP contribution is -2.40. The lowest BCUT2D eigenvalue weighted by Gasteiger charge is -2.38. The predicted molar refractivity (Wildman–Crippen MR) is 74.7 cm³/mol. The first-order chi connectivity index (χ1) is 9.54. The maximum absolute atomic E-state index is 13.7. The Hall–Kier alpha value is -1.86. The summed E-state index contributed by atoms with van der Waals surface area (Å²) in [6, 6.07) is 4.12. The van der Waals surface area contributed by atoms with Gasteiger partial charge in [0.15, 0.2) is 0 Å². The van der Waals surface area contributed by atoms with Crippen LogP contribution < -0.4 is 5.32 Å². The molecule has 4 heteroatoms. The molecule has 0 spiro atoms. The lowest BCUT2D eigenvalue weighted by molar-refractivity contribution is 0.0887. The average Bonchev–Trinajstić information content (AvgIpc) is 2.41. The second kappa shape index (κ2) is 6.06. The number of rotatable bonds is 3. The van der Waals surface area contributed by atoms with Crippen LogP contribution in [0.5, 0.6) is 0 Å². The van der Waals surface area contributed by atoms with E-state index in [9.17, 15) is 9.18 Å². The summed E-state index contributed by atoms with van der Waals surface area (Å²) in [7, 11) is 0. The summed E-state index contributed by atoms with van der Waals surface area (Å²) in [5, 5.41) is 11.4. The zero-order chi connectivity index (χ0) is 14.6. The Morgan fingerprint density at radius 3 is 2.85 bits per heavy atom. The van der Waals surface area contributed by atoms with Gasteiger partial charge in [-0.2, -0.15) is 0 Å². The number of benzene rings is 1. The first kappa shape index (κ1) is 14.5. The van der Waals surface area contributed by atoms with Crippen molar-refractivity contribution in [3.63, 3.8) is 0 Å². The fraction of sp³-hybridized carbons (Fsp3) is 0.438. The minimum atomic E-state index is -0.559. The van der Waals surface area contributed by atoms with Gasteiger partial charge in [0.05, 0.1) is 5.56 Å². The number of hydrogen-bond acceptors (Lipinski definition) is 2. The van der Waals surface area contributed by atoms with Gasteiger partial charge in [-0.15, -0.1) is 0 Å². The smallest absolute Gasteiger partial charge is 0.254 e. The minimum absolute atomic E-state index is 0.00216. The summed E-state index contributed by atoms with van der Waals surface area (Å²) in [5.41, 5.74) is 0.665. The summed E-state index contributed by atoms with van der Waals surface area (Å²) in [6.45, 7) is 2.42. The molecule has 0 saturated heterocycles. The van der Waals surface area contributed by atoms with Gasteiger partial charge < -0.3 is 10.4 Å². The quantitative estimate of drug-likeness (QED) is 0.830. The van der Waals surface area contributed by atoms with E-state index in [1.165, 1.54) is 24.6 Å². The molecule has 1 amide bonds. The van der Waals surface area contributed by atoms with Crippen molar-refractivity contribution in [1.29, 1.82) is 0 Å². The first-order valence-electron chi connectivity index (χ1n) is 6.72. The van der Waals surface area contributed by atoms with Crippen LogP contribution in [0, 0.1) is 23.1 Å². The molecule has 3 nitrogen and oxygen atoms in total. The van der Waals surface area contributed by atoms with Crippen molar-refractivity contribution < 1.29 is 14.3 Å². The lowest BCUT2D eigenvalue weighted by atomic mass is 9.70. The van der Waals surface area contributed by atoms with Gasteiger partial charge in [0.25, 0.3) is 5.91 Å². The van der Waals surface area contributed by atoms with Gasteiger partial charge in [0.1, 0.15) is 12.4 Å². The van der Waals surface area contributed by atoms with Crippen LogP contribution in [-0.2, 0) is 0 Å².